The molecule has 1 saturated heterocycles. The minimum absolute atomic E-state index is 0.579. The van der Waals surface area contributed by atoms with Gasteiger partial charge in [-0.05, 0) is 37.1 Å². The van der Waals surface area contributed by atoms with Crippen molar-refractivity contribution < 1.29 is 0 Å². The number of hydrogen-bond donors (Lipinski definition) is 1. The average molecular weight is 297 g/mol. The van der Waals surface area contributed by atoms with Crippen LogP contribution in [0.4, 0.5) is 0 Å². The molecule has 2 heterocycles. The predicted molar refractivity (Wildman–Crippen MR) is 88.2 cm³/mol. The highest BCUT2D eigenvalue weighted by molar-refractivity contribution is 8.07. The minimum Gasteiger partial charge on any atom is -0.313 e. The Labute approximate surface area is 125 Å². The molecule has 19 heavy (non-hydrogen) atoms. The lowest BCUT2D eigenvalue weighted by Crippen LogP contribution is -2.46. The van der Waals surface area contributed by atoms with Gasteiger partial charge in [0.05, 0.1) is 0 Å². The maximum Gasteiger partial charge on any atom is 0.0320 e. The molecule has 1 aliphatic rings. The van der Waals surface area contributed by atoms with E-state index in [0.29, 0.717) is 6.04 Å². The Morgan fingerprint density at radius 1 is 1.32 bits per heavy atom. The Bertz CT molecular complexity index is 358. The Hall–Kier alpha value is -0.190. The molecule has 0 aliphatic carbocycles. The van der Waals surface area contributed by atoms with E-state index < -0.39 is 0 Å². The fourth-order valence-electron chi connectivity index (χ4n) is 2.50. The second kappa shape index (κ2) is 8.18. The van der Waals surface area contributed by atoms with Gasteiger partial charge in [-0.3, -0.25) is 4.98 Å². The average Bonchev–Trinajstić information content (AvgIpc) is 2.45. The van der Waals surface area contributed by atoms with Crippen molar-refractivity contribution in [3.8, 4) is 0 Å². The van der Waals surface area contributed by atoms with Crippen LogP contribution in [0.5, 0.6) is 0 Å². The molecule has 0 spiro atoms. The normalized spacial score (nSPS) is 25.2. The quantitative estimate of drug-likeness (QED) is 0.871. The first kappa shape index (κ1) is 15.2. The molecule has 1 N–H and O–H groups in total. The summed E-state index contributed by atoms with van der Waals surface area (Å²) in [6.45, 7) is 5.74. The fourth-order valence-corrected chi connectivity index (χ4v) is 5.46. The monoisotopic (exact) mass is 296 g/mol. The van der Waals surface area contributed by atoms with Gasteiger partial charge in [-0.25, -0.2) is 0 Å². The van der Waals surface area contributed by atoms with Crippen LogP contribution in [-0.2, 0) is 6.42 Å². The van der Waals surface area contributed by atoms with Crippen molar-refractivity contribution in [2.24, 2.45) is 0 Å². The van der Waals surface area contributed by atoms with E-state index in [4.69, 9.17) is 0 Å². The van der Waals surface area contributed by atoms with E-state index >= 15 is 0 Å². The SMILES string of the molecule is CCCNC(Cc1ccncc1)C1SCCSC1C. The molecular formula is C15H24N2S2. The number of nitrogens with zero attached hydrogens (tertiary/aromatic N) is 1. The topological polar surface area (TPSA) is 24.9 Å². The van der Waals surface area contributed by atoms with Crippen molar-refractivity contribution in [3.05, 3.63) is 30.1 Å². The van der Waals surface area contributed by atoms with E-state index in [0.717, 1.165) is 23.5 Å². The minimum atomic E-state index is 0.579. The largest absolute Gasteiger partial charge is 0.313 e. The Balaban J connectivity index is 2.02. The molecule has 0 amide bonds. The Morgan fingerprint density at radius 3 is 2.74 bits per heavy atom. The van der Waals surface area contributed by atoms with Crippen LogP contribution >= 0.6 is 23.5 Å². The highest BCUT2D eigenvalue weighted by atomic mass is 32.2. The number of nitrogens with one attached hydrogen (secondary N) is 1. The van der Waals surface area contributed by atoms with E-state index in [2.05, 4.69) is 59.8 Å². The van der Waals surface area contributed by atoms with Crippen molar-refractivity contribution in [3.63, 3.8) is 0 Å². The van der Waals surface area contributed by atoms with Gasteiger partial charge < -0.3 is 5.32 Å². The van der Waals surface area contributed by atoms with Gasteiger partial charge in [0.2, 0.25) is 0 Å². The third kappa shape index (κ3) is 4.69. The summed E-state index contributed by atoms with van der Waals surface area (Å²) in [5.41, 5.74) is 1.40. The molecule has 1 fully saturated rings. The van der Waals surface area contributed by atoms with E-state index in [9.17, 15) is 0 Å². The van der Waals surface area contributed by atoms with Crippen molar-refractivity contribution in [2.45, 2.75) is 43.2 Å². The molecule has 0 saturated carbocycles. The molecule has 1 aromatic rings. The number of aromatic nitrogens is 1. The third-order valence-corrected chi connectivity index (χ3v) is 6.75. The van der Waals surface area contributed by atoms with Gasteiger partial charge in [-0.1, -0.05) is 13.8 Å². The zero-order valence-corrected chi connectivity index (χ0v) is 13.5. The van der Waals surface area contributed by atoms with Gasteiger partial charge >= 0.3 is 0 Å². The standard InChI is InChI=1S/C15H24N2S2/c1-3-6-17-14(11-13-4-7-16-8-5-13)15-12(2)18-9-10-19-15/h4-5,7-8,12,14-15,17H,3,6,9-11H2,1-2H3. The zero-order valence-electron chi connectivity index (χ0n) is 11.8. The van der Waals surface area contributed by atoms with Gasteiger partial charge in [-0.2, -0.15) is 23.5 Å². The third-order valence-electron chi connectivity index (χ3n) is 3.50. The maximum atomic E-state index is 4.11. The van der Waals surface area contributed by atoms with E-state index in [1.807, 2.05) is 12.4 Å². The summed E-state index contributed by atoms with van der Waals surface area (Å²) in [6.07, 6.45) is 6.12. The first-order valence-electron chi connectivity index (χ1n) is 7.16. The summed E-state index contributed by atoms with van der Waals surface area (Å²) >= 11 is 4.28. The van der Waals surface area contributed by atoms with E-state index in [-0.39, 0.29) is 0 Å². The summed E-state index contributed by atoms with van der Waals surface area (Å²) in [5, 5.41) is 5.23. The van der Waals surface area contributed by atoms with Gasteiger partial charge in [0.1, 0.15) is 0 Å². The zero-order chi connectivity index (χ0) is 13.5. The summed E-state index contributed by atoms with van der Waals surface area (Å²) in [5.74, 6) is 2.60. The highest BCUT2D eigenvalue weighted by Crippen LogP contribution is 2.34. The molecule has 1 aromatic heterocycles. The molecule has 3 atom stereocenters. The molecule has 1 aliphatic heterocycles. The summed E-state index contributed by atoms with van der Waals surface area (Å²) in [4.78, 5) is 4.11. The molecule has 3 unspecified atom stereocenters. The molecular weight excluding hydrogens is 272 g/mol. The summed E-state index contributed by atoms with van der Waals surface area (Å²) in [6, 6.07) is 4.87. The maximum absolute atomic E-state index is 4.11. The van der Waals surface area contributed by atoms with Crippen LogP contribution in [0.15, 0.2) is 24.5 Å². The Kier molecular flexibility index (Phi) is 6.54. The van der Waals surface area contributed by atoms with Crippen LogP contribution in [0.2, 0.25) is 0 Å². The van der Waals surface area contributed by atoms with Gasteiger partial charge in [0.25, 0.3) is 0 Å². The predicted octanol–water partition coefficient (Wildman–Crippen LogP) is 3.23. The van der Waals surface area contributed by atoms with Crippen LogP contribution in [0, 0.1) is 0 Å². The van der Waals surface area contributed by atoms with Gasteiger partial charge in [-0.15, -0.1) is 0 Å². The van der Waals surface area contributed by atoms with Crippen LogP contribution in [0.1, 0.15) is 25.8 Å². The van der Waals surface area contributed by atoms with Crippen LogP contribution in [-0.4, -0.2) is 39.6 Å². The smallest absolute Gasteiger partial charge is 0.0320 e. The molecule has 0 radical (unpaired) electrons. The second-order valence-corrected chi connectivity index (χ2v) is 7.80. The first-order valence-corrected chi connectivity index (χ1v) is 9.26. The number of hydrogen-bond acceptors (Lipinski definition) is 4. The van der Waals surface area contributed by atoms with Crippen LogP contribution in [0.3, 0.4) is 0 Å². The number of pyridine rings is 1. The summed E-state index contributed by atoms with van der Waals surface area (Å²) in [7, 11) is 0. The molecule has 0 bridgehead atoms. The molecule has 106 valence electrons. The lowest BCUT2D eigenvalue weighted by atomic mass is 10.0. The highest BCUT2D eigenvalue weighted by Gasteiger charge is 2.29. The first-order chi connectivity index (χ1) is 9.31. The lowest BCUT2D eigenvalue weighted by Gasteiger charge is -2.35. The van der Waals surface area contributed by atoms with Crippen molar-refractivity contribution in [1.82, 2.24) is 10.3 Å². The number of thioether (sulfide) groups is 2. The molecule has 0 aromatic carbocycles. The van der Waals surface area contributed by atoms with Crippen molar-refractivity contribution in [2.75, 3.05) is 18.1 Å². The summed E-state index contributed by atoms with van der Waals surface area (Å²) < 4.78 is 0. The fraction of sp³-hybridized carbons (Fsp3) is 0.667. The van der Waals surface area contributed by atoms with Crippen molar-refractivity contribution >= 4 is 23.5 Å². The molecule has 2 rings (SSSR count). The lowest BCUT2D eigenvalue weighted by molar-refractivity contribution is 0.486. The molecule has 2 nitrogen and oxygen atoms in total. The van der Waals surface area contributed by atoms with Gasteiger partial charge in [0.15, 0.2) is 0 Å². The van der Waals surface area contributed by atoms with Gasteiger partial charge in [0, 0.05) is 40.4 Å². The second-order valence-electron chi connectivity index (χ2n) is 5.03. The van der Waals surface area contributed by atoms with Crippen molar-refractivity contribution in [1.29, 1.82) is 0 Å². The number of rotatable bonds is 6. The molecule has 4 heteroatoms. The Morgan fingerprint density at radius 2 is 2.05 bits per heavy atom. The van der Waals surface area contributed by atoms with Crippen LogP contribution < -0.4 is 5.32 Å². The van der Waals surface area contributed by atoms with Crippen LogP contribution in [0.25, 0.3) is 0 Å². The van der Waals surface area contributed by atoms with E-state index in [1.165, 1.54) is 23.5 Å². The van der Waals surface area contributed by atoms with E-state index in [1.54, 1.807) is 0 Å².